The van der Waals surface area contributed by atoms with Crippen LogP contribution in [-0.4, -0.2) is 37.2 Å². The molecule has 0 aromatic heterocycles. The lowest BCUT2D eigenvalue weighted by Crippen LogP contribution is -2.45. The van der Waals surface area contributed by atoms with Gasteiger partial charge in [-0.25, -0.2) is 4.79 Å². The van der Waals surface area contributed by atoms with Gasteiger partial charge in [0.05, 0.1) is 14.2 Å². The number of esters is 1. The first-order valence-electron chi connectivity index (χ1n) is 7.73. The number of amides is 1. The smallest absolute Gasteiger partial charge is 0.331 e. The number of hydrogen-bond donors (Lipinski definition) is 2. The quantitative estimate of drug-likeness (QED) is 0.784. The van der Waals surface area contributed by atoms with E-state index in [0.29, 0.717) is 16.9 Å². The van der Waals surface area contributed by atoms with Gasteiger partial charge in [-0.3, -0.25) is 4.79 Å². The molecule has 2 N–H and O–H groups in total. The van der Waals surface area contributed by atoms with Crippen LogP contribution in [0.4, 0.5) is 0 Å². The Bertz CT molecular complexity index is 742. The highest BCUT2D eigenvalue weighted by Gasteiger charge is 2.31. The second-order valence-electron chi connectivity index (χ2n) is 5.56. The van der Waals surface area contributed by atoms with Crippen LogP contribution in [0, 0.1) is 6.92 Å². The maximum atomic E-state index is 12.4. The number of aliphatic hydroxyl groups is 1. The summed E-state index contributed by atoms with van der Waals surface area (Å²) in [5, 5.41) is 13.1. The molecule has 0 aliphatic rings. The van der Waals surface area contributed by atoms with Crippen molar-refractivity contribution in [1.29, 1.82) is 0 Å². The van der Waals surface area contributed by atoms with Crippen molar-refractivity contribution in [2.24, 2.45) is 0 Å². The molecule has 0 saturated carbocycles. The van der Waals surface area contributed by atoms with Gasteiger partial charge >= 0.3 is 5.97 Å². The minimum Gasteiger partial charge on any atom is -0.497 e. The van der Waals surface area contributed by atoms with Crippen LogP contribution in [0.3, 0.4) is 0 Å². The third-order valence-corrected chi connectivity index (χ3v) is 3.80. The van der Waals surface area contributed by atoms with Gasteiger partial charge in [0.15, 0.2) is 6.04 Å². The van der Waals surface area contributed by atoms with E-state index < -0.39 is 24.0 Å². The molecule has 0 aliphatic heterocycles. The molecule has 0 radical (unpaired) electrons. The van der Waals surface area contributed by atoms with E-state index in [-0.39, 0.29) is 0 Å². The standard InChI is InChI=1S/C19H21NO5/c1-12-5-4-6-14(11-12)18(22)20-16(19(23)25-3)17(21)13-7-9-15(24-2)10-8-13/h4-11,16-17,21H,1-3H3,(H,20,22). The molecule has 2 aromatic carbocycles. The zero-order chi connectivity index (χ0) is 18.4. The minimum atomic E-state index is -1.26. The summed E-state index contributed by atoms with van der Waals surface area (Å²) < 4.78 is 9.79. The van der Waals surface area contributed by atoms with Crippen LogP contribution in [0.2, 0.25) is 0 Å². The van der Waals surface area contributed by atoms with Crippen molar-refractivity contribution in [2.45, 2.75) is 19.1 Å². The normalized spacial score (nSPS) is 12.8. The molecule has 6 heteroatoms. The van der Waals surface area contributed by atoms with Gasteiger partial charge in [-0.05, 0) is 36.8 Å². The van der Waals surface area contributed by atoms with Gasteiger partial charge < -0.3 is 19.9 Å². The lowest BCUT2D eigenvalue weighted by atomic mass is 10.0. The minimum absolute atomic E-state index is 0.399. The molecule has 2 rings (SSSR count). The molecule has 0 bridgehead atoms. The third kappa shape index (κ3) is 4.58. The van der Waals surface area contributed by atoms with Gasteiger partial charge in [-0.15, -0.1) is 0 Å². The SMILES string of the molecule is COC(=O)C(NC(=O)c1cccc(C)c1)C(O)c1ccc(OC)cc1. The summed E-state index contributed by atoms with van der Waals surface area (Å²) in [7, 11) is 2.74. The molecule has 2 atom stereocenters. The summed E-state index contributed by atoms with van der Waals surface area (Å²) in [6, 6.07) is 12.3. The molecule has 0 fully saturated rings. The number of hydrogen-bond acceptors (Lipinski definition) is 5. The molecule has 2 aromatic rings. The maximum Gasteiger partial charge on any atom is 0.331 e. The number of aliphatic hydroxyl groups excluding tert-OH is 1. The molecule has 0 heterocycles. The number of rotatable bonds is 6. The summed E-state index contributed by atoms with van der Waals surface area (Å²) in [5.41, 5.74) is 1.77. The fourth-order valence-corrected chi connectivity index (χ4v) is 2.40. The molecule has 0 spiro atoms. The Morgan fingerprint density at radius 3 is 2.32 bits per heavy atom. The molecular formula is C19H21NO5. The second kappa shape index (κ2) is 8.30. The predicted octanol–water partition coefficient (Wildman–Crippen LogP) is 2.01. The summed E-state index contributed by atoms with van der Waals surface area (Å²) >= 11 is 0. The van der Waals surface area contributed by atoms with Crippen LogP contribution in [-0.2, 0) is 9.53 Å². The van der Waals surface area contributed by atoms with Crippen LogP contribution in [0.1, 0.15) is 27.6 Å². The Labute approximate surface area is 146 Å². The fraction of sp³-hybridized carbons (Fsp3) is 0.263. The van der Waals surface area contributed by atoms with E-state index in [1.165, 1.54) is 14.2 Å². The van der Waals surface area contributed by atoms with Crippen LogP contribution < -0.4 is 10.1 Å². The van der Waals surface area contributed by atoms with Crippen molar-refractivity contribution in [2.75, 3.05) is 14.2 Å². The first-order chi connectivity index (χ1) is 12.0. The van der Waals surface area contributed by atoms with E-state index in [4.69, 9.17) is 9.47 Å². The highest BCUT2D eigenvalue weighted by molar-refractivity contribution is 5.97. The monoisotopic (exact) mass is 343 g/mol. The zero-order valence-electron chi connectivity index (χ0n) is 14.4. The number of methoxy groups -OCH3 is 2. The highest BCUT2D eigenvalue weighted by Crippen LogP contribution is 2.21. The number of carbonyl (C=O) groups is 2. The molecule has 6 nitrogen and oxygen atoms in total. The summed E-state index contributed by atoms with van der Waals surface area (Å²) in [6.07, 6.45) is -1.26. The predicted molar refractivity (Wildman–Crippen MR) is 92.4 cm³/mol. The molecular weight excluding hydrogens is 322 g/mol. The molecule has 0 aliphatic carbocycles. The fourth-order valence-electron chi connectivity index (χ4n) is 2.40. The summed E-state index contributed by atoms with van der Waals surface area (Å²) in [4.78, 5) is 24.5. The van der Waals surface area contributed by atoms with Crippen molar-refractivity contribution in [3.63, 3.8) is 0 Å². The number of ether oxygens (including phenoxy) is 2. The van der Waals surface area contributed by atoms with Crippen molar-refractivity contribution in [3.05, 3.63) is 65.2 Å². The Morgan fingerprint density at radius 2 is 1.76 bits per heavy atom. The zero-order valence-corrected chi connectivity index (χ0v) is 14.4. The number of benzene rings is 2. The first-order valence-corrected chi connectivity index (χ1v) is 7.73. The lowest BCUT2D eigenvalue weighted by Gasteiger charge is -2.22. The van der Waals surface area contributed by atoms with E-state index in [0.717, 1.165) is 5.56 Å². The van der Waals surface area contributed by atoms with Gasteiger partial charge in [0.25, 0.3) is 5.91 Å². The largest absolute Gasteiger partial charge is 0.497 e. The topological polar surface area (TPSA) is 84.9 Å². The van der Waals surface area contributed by atoms with Gasteiger partial charge in [0.2, 0.25) is 0 Å². The van der Waals surface area contributed by atoms with E-state index in [2.05, 4.69) is 5.32 Å². The van der Waals surface area contributed by atoms with E-state index in [9.17, 15) is 14.7 Å². The lowest BCUT2D eigenvalue weighted by molar-refractivity contribution is -0.146. The Morgan fingerprint density at radius 1 is 1.08 bits per heavy atom. The molecule has 25 heavy (non-hydrogen) atoms. The van der Waals surface area contributed by atoms with E-state index >= 15 is 0 Å². The van der Waals surface area contributed by atoms with Gasteiger partial charge in [0.1, 0.15) is 11.9 Å². The average molecular weight is 343 g/mol. The van der Waals surface area contributed by atoms with Crippen molar-refractivity contribution in [3.8, 4) is 5.75 Å². The highest BCUT2D eigenvalue weighted by atomic mass is 16.5. The van der Waals surface area contributed by atoms with E-state index in [1.807, 2.05) is 13.0 Å². The third-order valence-electron chi connectivity index (χ3n) is 3.80. The van der Waals surface area contributed by atoms with E-state index in [1.54, 1.807) is 42.5 Å². The number of aryl methyl sites for hydroxylation is 1. The van der Waals surface area contributed by atoms with Crippen LogP contribution >= 0.6 is 0 Å². The first kappa shape index (κ1) is 18.5. The van der Waals surface area contributed by atoms with Crippen molar-refractivity contribution in [1.82, 2.24) is 5.32 Å². The maximum absolute atomic E-state index is 12.4. The Hall–Kier alpha value is -2.86. The molecule has 2 unspecified atom stereocenters. The Balaban J connectivity index is 2.22. The second-order valence-corrected chi connectivity index (χ2v) is 5.56. The van der Waals surface area contributed by atoms with Crippen LogP contribution in [0.5, 0.6) is 5.75 Å². The van der Waals surface area contributed by atoms with Crippen molar-refractivity contribution >= 4 is 11.9 Å². The Kier molecular flexibility index (Phi) is 6.14. The summed E-state index contributed by atoms with van der Waals surface area (Å²) in [5.74, 6) is -0.578. The van der Waals surface area contributed by atoms with Crippen molar-refractivity contribution < 1.29 is 24.2 Å². The number of carbonyl (C=O) groups excluding carboxylic acids is 2. The van der Waals surface area contributed by atoms with Crippen LogP contribution in [0.25, 0.3) is 0 Å². The molecule has 1 amide bonds. The van der Waals surface area contributed by atoms with Gasteiger partial charge in [-0.1, -0.05) is 29.8 Å². The number of nitrogens with one attached hydrogen (secondary N) is 1. The van der Waals surface area contributed by atoms with Gasteiger partial charge in [-0.2, -0.15) is 0 Å². The summed E-state index contributed by atoms with van der Waals surface area (Å²) in [6.45, 7) is 1.86. The molecule has 0 saturated heterocycles. The van der Waals surface area contributed by atoms with Crippen LogP contribution in [0.15, 0.2) is 48.5 Å². The van der Waals surface area contributed by atoms with Gasteiger partial charge in [0, 0.05) is 5.56 Å². The molecule has 132 valence electrons. The average Bonchev–Trinajstić information content (AvgIpc) is 2.64.